The summed E-state index contributed by atoms with van der Waals surface area (Å²) in [5.74, 6) is 0. The van der Waals surface area contributed by atoms with Crippen molar-refractivity contribution in [3.8, 4) is 0 Å². The minimum atomic E-state index is -4.60. The Morgan fingerprint density at radius 1 is 1.04 bits per heavy atom. The van der Waals surface area contributed by atoms with Crippen LogP contribution in [-0.2, 0) is 20.0 Å². The van der Waals surface area contributed by atoms with Gasteiger partial charge < -0.3 is 16.4 Å². The van der Waals surface area contributed by atoms with Crippen LogP contribution in [0.25, 0.3) is 0 Å². The Morgan fingerprint density at radius 2 is 1.69 bits per heavy atom. The summed E-state index contributed by atoms with van der Waals surface area (Å²) in [6, 6.07) is 6.65. The number of rotatable bonds is 4. The highest BCUT2D eigenvalue weighted by atomic mass is 32.2. The second kappa shape index (κ2) is 6.94. The van der Waals surface area contributed by atoms with E-state index in [4.69, 9.17) is 5.73 Å². The quantitative estimate of drug-likeness (QED) is 0.447. The van der Waals surface area contributed by atoms with Crippen LogP contribution in [0, 0.1) is 6.92 Å². The number of carbonyl (C=O) groups is 1. The van der Waals surface area contributed by atoms with Crippen molar-refractivity contribution in [3.63, 3.8) is 0 Å². The average molecular weight is 399 g/mol. The van der Waals surface area contributed by atoms with Crippen molar-refractivity contribution >= 4 is 37.4 Å². The van der Waals surface area contributed by atoms with E-state index >= 15 is 0 Å². The van der Waals surface area contributed by atoms with Gasteiger partial charge in [0, 0.05) is 12.7 Å². The molecule has 0 bridgehead atoms. The zero-order valence-electron chi connectivity index (χ0n) is 13.8. The highest BCUT2D eigenvalue weighted by Crippen LogP contribution is 2.30. The van der Waals surface area contributed by atoms with E-state index in [0.717, 1.165) is 12.1 Å². The lowest BCUT2D eigenvalue weighted by atomic mass is 10.2. The second-order valence-electron chi connectivity index (χ2n) is 5.36. The molecule has 0 aliphatic heterocycles. The Hall–Kier alpha value is -2.63. The summed E-state index contributed by atoms with van der Waals surface area (Å²) < 4.78 is 57.8. The van der Waals surface area contributed by atoms with Gasteiger partial charge >= 0.3 is 6.03 Å². The molecule has 5 N–H and O–H groups in total. The van der Waals surface area contributed by atoms with Gasteiger partial charge in [-0.25, -0.2) is 13.2 Å². The molecule has 2 aromatic rings. The normalized spacial score (nSPS) is 11.8. The van der Waals surface area contributed by atoms with Gasteiger partial charge in [-0.05, 0) is 42.8 Å². The first kappa shape index (κ1) is 19.7. The molecule has 11 heteroatoms. The molecule has 9 nitrogen and oxygen atoms in total. The maximum absolute atomic E-state index is 12.9. The molecule has 0 aromatic heterocycles. The molecule has 0 radical (unpaired) electrons. The van der Waals surface area contributed by atoms with Crippen LogP contribution in [0.5, 0.6) is 0 Å². The number of hydrogen-bond acceptors (Lipinski definition) is 6. The molecule has 0 fully saturated rings. The van der Waals surface area contributed by atoms with E-state index in [2.05, 4.69) is 10.6 Å². The first-order valence-electron chi connectivity index (χ1n) is 7.18. The Labute approximate surface area is 150 Å². The summed E-state index contributed by atoms with van der Waals surface area (Å²) in [5.41, 5.74) is 6.04. The summed E-state index contributed by atoms with van der Waals surface area (Å²) in [6.45, 7) is 1.42. The van der Waals surface area contributed by atoms with Crippen molar-refractivity contribution in [2.45, 2.75) is 21.6 Å². The smallest absolute Gasteiger partial charge is 0.318 e. The van der Waals surface area contributed by atoms with Crippen LogP contribution >= 0.6 is 0 Å². The van der Waals surface area contributed by atoms with Crippen molar-refractivity contribution in [1.82, 2.24) is 5.32 Å². The topological polar surface area (TPSA) is 156 Å². The minimum absolute atomic E-state index is 0.0820. The zero-order valence-corrected chi connectivity index (χ0v) is 15.5. The van der Waals surface area contributed by atoms with Crippen molar-refractivity contribution in [3.05, 3.63) is 42.0 Å². The number of sulfone groups is 1. The first-order valence-corrected chi connectivity index (χ1v) is 10.1. The molecule has 2 amide bonds. The van der Waals surface area contributed by atoms with E-state index in [1.165, 1.54) is 38.2 Å². The molecule has 26 heavy (non-hydrogen) atoms. The number of aryl methyl sites for hydroxylation is 1. The molecule has 0 unspecified atom stereocenters. The summed E-state index contributed by atoms with van der Waals surface area (Å²) in [5, 5.41) is 4.74. The number of amides is 2. The second-order valence-corrected chi connectivity index (χ2v) is 8.67. The van der Waals surface area contributed by atoms with Gasteiger partial charge in [0.05, 0.1) is 20.4 Å². The SMILES string of the molecule is CNC(=O)Nc1ccc(N)c(S(=O)(=O)c2ccc(C)c(S(=O)(=O)O)c2)c1. The van der Waals surface area contributed by atoms with E-state index in [0.29, 0.717) is 0 Å². The van der Waals surface area contributed by atoms with Gasteiger partial charge in [-0.15, -0.1) is 0 Å². The molecule has 2 rings (SSSR count). The number of anilines is 2. The molecule has 0 saturated carbocycles. The number of benzene rings is 2. The highest BCUT2D eigenvalue weighted by Gasteiger charge is 2.24. The van der Waals surface area contributed by atoms with E-state index in [1.807, 2.05) is 0 Å². The fourth-order valence-corrected chi connectivity index (χ4v) is 4.45. The van der Waals surface area contributed by atoms with Crippen molar-refractivity contribution in [1.29, 1.82) is 0 Å². The molecule has 0 atom stereocenters. The van der Waals surface area contributed by atoms with Crippen LogP contribution in [-0.4, -0.2) is 34.5 Å². The van der Waals surface area contributed by atoms with Gasteiger partial charge in [-0.3, -0.25) is 4.55 Å². The molecule has 2 aromatic carbocycles. The summed E-state index contributed by atoms with van der Waals surface area (Å²) in [4.78, 5) is 10.2. The molecule has 140 valence electrons. The maximum atomic E-state index is 12.9. The molecule has 0 heterocycles. The first-order chi connectivity index (χ1) is 12.0. The third-order valence-corrected chi connectivity index (χ3v) is 6.34. The number of nitrogen functional groups attached to an aromatic ring is 1. The van der Waals surface area contributed by atoms with E-state index in [-0.39, 0.29) is 26.7 Å². The fourth-order valence-electron chi connectivity index (χ4n) is 2.19. The largest absolute Gasteiger partial charge is 0.398 e. The highest BCUT2D eigenvalue weighted by molar-refractivity contribution is 7.91. The van der Waals surface area contributed by atoms with E-state index in [9.17, 15) is 26.2 Å². The predicted octanol–water partition coefficient (Wildman–Crippen LogP) is 1.41. The molecular weight excluding hydrogens is 382 g/mol. The molecule has 0 aliphatic rings. The Kier molecular flexibility index (Phi) is 5.26. The Morgan fingerprint density at radius 3 is 2.27 bits per heavy atom. The van der Waals surface area contributed by atoms with Crippen LogP contribution in [0.4, 0.5) is 16.2 Å². The van der Waals surface area contributed by atoms with Crippen LogP contribution in [0.15, 0.2) is 51.1 Å². The van der Waals surface area contributed by atoms with Gasteiger partial charge in [0.25, 0.3) is 10.1 Å². The summed E-state index contributed by atoms with van der Waals surface area (Å²) >= 11 is 0. The van der Waals surface area contributed by atoms with Gasteiger partial charge in [-0.1, -0.05) is 6.07 Å². The van der Waals surface area contributed by atoms with Gasteiger partial charge in [0.1, 0.15) is 0 Å². The van der Waals surface area contributed by atoms with Crippen LogP contribution in [0.3, 0.4) is 0 Å². The van der Waals surface area contributed by atoms with Crippen LogP contribution in [0.2, 0.25) is 0 Å². The predicted molar refractivity (Wildman–Crippen MR) is 95.4 cm³/mol. The van der Waals surface area contributed by atoms with Crippen LogP contribution < -0.4 is 16.4 Å². The molecular formula is C15H17N3O6S2. The number of urea groups is 1. The monoisotopic (exact) mass is 399 g/mol. The minimum Gasteiger partial charge on any atom is -0.398 e. The number of hydrogen-bond donors (Lipinski definition) is 4. The standard InChI is InChI=1S/C15H17N3O6S2/c1-9-3-5-11(8-13(9)26(22,23)24)25(20,21)14-7-10(4-6-12(14)16)18-15(19)17-2/h3-8H,16H2,1-2H3,(H2,17,18,19)(H,22,23,24). The summed E-state index contributed by atoms with van der Waals surface area (Å²) in [6.07, 6.45) is 0. The van der Waals surface area contributed by atoms with Crippen LogP contribution in [0.1, 0.15) is 5.56 Å². The zero-order chi connectivity index (χ0) is 19.7. The number of nitrogens with one attached hydrogen (secondary N) is 2. The number of nitrogens with two attached hydrogens (primary N) is 1. The lowest BCUT2D eigenvalue weighted by Crippen LogP contribution is -2.24. The Balaban J connectivity index is 2.61. The Bertz CT molecular complexity index is 1080. The maximum Gasteiger partial charge on any atom is 0.318 e. The van der Waals surface area contributed by atoms with Crippen molar-refractivity contribution in [2.24, 2.45) is 0 Å². The molecule has 0 aliphatic carbocycles. The lowest BCUT2D eigenvalue weighted by Gasteiger charge is -2.12. The van der Waals surface area contributed by atoms with Crippen molar-refractivity contribution < 1.29 is 26.2 Å². The van der Waals surface area contributed by atoms with E-state index < -0.39 is 30.9 Å². The molecule has 0 spiro atoms. The van der Waals surface area contributed by atoms with Gasteiger partial charge in [-0.2, -0.15) is 8.42 Å². The summed E-state index contributed by atoms with van der Waals surface area (Å²) in [7, 11) is -7.41. The average Bonchev–Trinajstić information content (AvgIpc) is 2.55. The molecule has 0 saturated heterocycles. The van der Waals surface area contributed by atoms with Gasteiger partial charge in [0.2, 0.25) is 9.84 Å². The number of carbonyl (C=O) groups excluding carboxylic acids is 1. The van der Waals surface area contributed by atoms with Gasteiger partial charge in [0.15, 0.2) is 0 Å². The lowest BCUT2D eigenvalue weighted by molar-refractivity contribution is 0.254. The fraction of sp³-hybridized carbons (Fsp3) is 0.133. The van der Waals surface area contributed by atoms with E-state index in [1.54, 1.807) is 0 Å². The third-order valence-electron chi connectivity index (χ3n) is 3.54. The van der Waals surface area contributed by atoms with Crippen molar-refractivity contribution in [2.75, 3.05) is 18.1 Å². The third kappa shape index (κ3) is 3.95.